The van der Waals surface area contributed by atoms with Crippen molar-refractivity contribution in [2.24, 2.45) is 0 Å². The minimum atomic E-state index is -0.112. The number of nitrogens with one attached hydrogen (secondary N) is 3. The summed E-state index contributed by atoms with van der Waals surface area (Å²) in [5.74, 6) is 1.03. The molecule has 3 N–H and O–H groups in total. The van der Waals surface area contributed by atoms with Gasteiger partial charge in [0.15, 0.2) is 5.75 Å². The predicted molar refractivity (Wildman–Crippen MR) is 133 cm³/mol. The Morgan fingerprint density at radius 3 is 2.97 bits per heavy atom. The first-order valence-corrected chi connectivity index (χ1v) is 12.3. The molecule has 1 aromatic carbocycles. The molecule has 0 bridgehead atoms. The first-order valence-electron chi connectivity index (χ1n) is 11.9. The van der Waals surface area contributed by atoms with E-state index in [0.29, 0.717) is 46.6 Å². The van der Waals surface area contributed by atoms with Crippen LogP contribution >= 0.6 is 11.6 Å². The lowest BCUT2D eigenvalue weighted by Gasteiger charge is -2.23. The molecule has 1 atom stereocenters. The molecule has 35 heavy (non-hydrogen) atoms. The monoisotopic (exact) mass is 494 g/mol. The van der Waals surface area contributed by atoms with E-state index >= 15 is 0 Å². The number of hydrogen-bond donors (Lipinski definition) is 3. The van der Waals surface area contributed by atoms with Crippen molar-refractivity contribution < 1.29 is 19.0 Å². The van der Waals surface area contributed by atoms with Gasteiger partial charge in [-0.05, 0) is 43.9 Å². The number of aromatic amines is 1. The maximum absolute atomic E-state index is 13.2. The zero-order valence-corrected chi connectivity index (χ0v) is 20.2. The van der Waals surface area contributed by atoms with Gasteiger partial charge in [0.05, 0.1) is 47.1 Å². The summed E-state index contributed by atoms with van der Waals surface area (Å²) < 4.78 is 17.5. The van der Waals surface area contributed by atoms with Gasteiger partial charge < -0.3 is 29.8 Å². The van der Waals surface area contributed by atoms with Gasteiger partial charge >= 0.3 is 0 Å². The molecule has 3 aliphatic rings. The third kappa shape index (κ3) is 3.90. The zero-order chi connectivity index (χ0) is 24.0. The van der Waals surface area contributed by atoms with E-state index in [1.54, 1.807) is 25.6 Å². The Morgan fingerprint density at radius 1 is 1.31 bits per heavy atom. The number of nitrogens with zero attached hydrogens (tertiary/aromatic N) is 1. The van der Waals surface area contributed by atoms with Crippen LogP contribution in [0, 0.1) is 0 Å². The Morgan fingerprint density at radius 2 is 2.20 bits per heavy atom. The van der Waals surface area contributed by atoms with Gasteiger partial charge in [0.25, 0.3) is 5.91 Å². The maximum atomic E-state index is 13.2. The smallest absolute Gasteiger partial charge is 0.255 e. The number of halogens is 1. The zero-order valence-electron chi connectivity index (χ0n) is 19.4. The minimum absolute atomic E-state index is 0.0535. The van der Waals surface area contributed by atoms with E-state index in [1.807, 2.05) is 18.2 Å². The summed E-state index contributed by atoms with van der Waals surface area (Å²) in [6.07, 6.45) is 7.60. The van der Waals surface area contributed by atoms with Gasteiger partial charge in [0.2, 0.25) is 0 Å². The van der Waals surface area contributed by atoms with Crippen LogP contribution in [0.5, 0.6) is 11.5 Å². The van der Waals surface area contributed by atoms with Crippen LogP contribution in [0.4, 0.5) is 11.4 Å². The molecular weight excluding hydrogens is 468 g/mol. The summed E-state index contributed by atoms with van der Waals surface area (Å²) in [5.41, 5.74) is 4.44. The number of fused-ring (bicyclic) bond motifs is 2. The number of anilines is 2. The number of pyridine rings is 1. The first-order chi connectivity index (χ1) is 17.1. The fourth-order valence-electron chi connectivity index (χ4n) is 5.07. The number of para-hydroxylation sites is 1. The highest BCUT2D eigenvalue weighted by atomic mass is 35.5. The topological polar surface area (TPSA) is 97.5 Å². The molecule has 0 unspecified atom stereocenters. The molecular formula is C26H27ClN4O4. The molecule has 1 spiro atoms. The highest BCUT2D eigenvalue weighted by Gasteiger charge is 2.51. The predicted octanol–water partition coefficient (Wildman–Crippen LogP) is 4.82. The number of amides is 1. The van der Waals surface area contributed by atoms with Crippen molar-refractivity contribution in [1.29, 1.82) is 0 Å². The van der Waals surface area contributed by atoms with Crippen molar-refractivity contribution in [3.63, 3.8) is 0 Å². The summed E-state index contributed by atoms with van der Waals surface area (Å²) in [7, 11) is 1.58. The standard InChI is InChI=1S/C26H27ClN4O4/c1-33-23-17(27)5-2-6-18(23)30-22-20-24(26(8-9-26)14-29-25(20)32)31-21(22)16-7-10-28-12-19(16)35-13-15-4-3-11-34-15/h2,5-7,10,12,15,30-31H,3-4,8-9,11,13-14H2,1H3,(H,29,32)/t15-/m0/s1. The highest BCUT2D eigenvalue weighted by molar-refractivity contribution is 6.32. The normalized spacial score (nSPS) is 19.8. The summed E-state index contributed by atoms with van der Waals surface area (Å²) in [6.45, 7) is 1.86. The Kier molecular flexibility index (Phi) is 5.57. The lowest BCUT2D eigenvalue weighted by molar-refractivity contribution is 0.0680. The Balaban J connectivity index is 1.47. The Hall–Kier alpha value is -3.23. The largest absolute Gasteiger partial charge is 0.493 e. The fourth-order valence-corrected chi connectivity index (χ4v) is 5.32. The van der Waals surface area contributed by atoms with Crippen LogP contribution in [0.1, 0.15) is 41.7 Å². The summed E-state index contributed by atoms with van der Waals surface area (Å²) in [6, 6.07) is 7.39. The highest BCUT2D eigenvalue weighted by Crippen LogP contribution is 2.54. The van der Waals surface area contributed by atoms with E-state index in [4.69, 9.17) is 25.8 Å². The van der Waals surface area contributed by atoms with Crippen LogP contribution in [0.25, 0.3) is 11.3 Å². The number of benzene rings is 1. The average molecular weight is 495 g/mol. The number of rotatable bonds is 7. The van der Waals surface area contributed by atoms with Gasteiger partial charge in [-0.1, -0.05) is 17.7 Å². The fraction of sp³-hybridized carbons (Fsp3) is 0.385. The molecule has 1 saturated carbocycles. The molecule has 9 heteroatoms. The molecule has 2 fully saturated rings. The SMILES string of the molecule is COc1c(Cl)cccc1Nc1c(-c2ccncc2OC[C@@H]2CCCO2)[nH]c2c1C(=O)NCC21CC1. The number of carbonyl (C=O) groups is 1. The molecule has 1 saturated heterocycles. The number of hydrogen-bond acceptors (Lipinski definition) is 6. The van der Waals surface area contributed by atoms with Gasteiger partial charge in [-0.2, -0.15) is 0 Å². The second-order valence-corrected chi connectivity index (χ2v) is 9.76. The van der Waals surface area contributed by atoms with Crippen LogP contribution in [0.15, 0.2) is 36.7 Å². The van der Waals surface area contributed by atoms with E-state index in [9.17, 15) is 4.79 Å². The quantitative estimate of drug-likeness (QED) is 0.436. The molecule has 182 valence electrons. The molecule has 6 rings (SSSR count). The lowest BCUT2D eigenvalue weighted by Crippen LogP contribution is -2.39. The van der Waals surface area contributed by atoms with Crippen molar-refractivity contribution in [3.8, 4) is 22.8 Å². The number of H-pyrrole nitrogens is 1. The molecule has 2 aromatic heterocycles. The van der Waals surface area contributed by atoms with Crippen molar-refractivity contribution in [1.82, 2.24) is 15.3 Å². The molecule has 1 amide bonds. The Bertz CT molecular complexity index is 1280. The van der Waals surface area contributed by atoms with E-state index < -0.39 is 0 Å². The van der Waals surface area contributed by atoms with Crippen molar-refractivity contribution in [2.45, 2.75) is 37.2 Å². The van der Waals surface area contributed by atoms with Crippen LogP contribution in [-0.4, -0.2) is 48.8 Å². The Labute approximate surface area is 208 Å². The van der Waals surface area contributed by atoms with Crippen LogP contribution in [0.2, 0.25) is 5.02 Å². The number of aromatic nitrogens is 2. The van der Waals surface area contributed by atoms with Crippen molar-refractivity contribution >= 4 is 28.9 Å². The lowest BCUT2D eigenvalue weighted by atomic mass is 9.93. The molecule has 4 heterocycles. The molecule has 1 aliphatic carbocycles. The van der Waals surface area contributed by atoms with E-state index in [-0.39, 0.29) is 17.4 Å². The van der Waals surface area contributed by atoms with Gasteiger partial charge in [0, 0.05) is 36.0 Å². The summed E-state index contributed by atoms with van der Waals surface area (Å²) >= 11 is 6.39. The first kappa shape index (κ1) is 22.2. The second kappa shape index (κ2) is 8.77. The van der Waals surface area contributed by atoms with E-state index in [0.717, 1.165) is 49.2 Å². The molecule has 8 nitrogen and oxygen atoms in total. The van der Waals surface area contributed by atoms with Gasteiger partial charge in [-0.25, -0.2) is 0 Å². The number of methoxy groups -OCH3 is 1. The molecule has 0 radical (unpaired) electrons. The van der Waals surface area contributed by atoms with Crippen LogP contribution in [-0.2, 0) is 10.2 Å². The third-order valence-corrected chi connectivity index (χ3v) is 7.43. The minimum Gasteiger partial charge on any atom is -0.493 e. The summed E-state index contributed by atoms with van der Waals surface area (Å²) in [5, 5.41) is 7.02. The molecule has 2 aliphatic heterocycles. The average Bonchev–Trinajstić information content (AvgIpc) is 3.26. The van der Waals surface area contributed by atoms with Crippen LogP contribution in [0.3, 0.4) is 0 Å². The van der Waals surface area contributed by atoms with Gasteiger partial charge in [0.1, 0.15) is 12.4 Å². The number of ether oxygens (including phenoxy) is 3. The van der Waals surface area contributed by atoms with Crippen LogP contribution < -0.4 is 20.1 Å². The van der Waals surface area contributed by atoms with Crippen molar-refractivity contribution in [2.75, 3.05) is 32.2 Å². The number of carbonyl (C=O) groups excluding carboxylic acids is 1. The second-order valence-electron chi connectivity index (χ2n) is 9.35. The van der Waals surface area contributed by atoms with Gasteiger partial charge in [-0.15, -0.1) is 0 Å². The van der Waals surface area contributed by atoms with Gasteiger partial charge in [-0.3, -0.25) is 9.78 Å². The molecule has 3 aromatic rings. The van der Waals surface area contributed by atoms with E-state index in [2.05, 4.69) is 20.6 Å². The summed E-state index contributed by atoms with van der Waals surface area (Å²) in [4.78, 5) is 21.1. The maximum Gasteiger partial charge on any atom is 0.255 e. The van der Waals surface area contributed by atoms with Crippen molar-refractivity contribution in [3.05, 3.63) is 52.9 Å². The van der Waals surface area contributed by atoms with E-state index in [1.165, 1.54) is 0 Å². The third-order valence-electron chi connectivity index (χ3n) is 7.13.